The predicted octanol–water partition coefficient (Wildman–Crippen LogP) is 6.01. The molecule has 1 saturated heterocycles. The fourth-order valence-electron chi connectivity index (χ4n) is 4.25. The zero-order valence-corrected chi connectivity index (χ0v) is 15.2. The van der Waals surface area contributed by atoms with Crippen LogP contribution in [0.15, 0.2) is 18.2 Å². The standard InChI is InChI=1S/C21H30F2O2/c1-2-3-15-4-6-16(7-5-15)8-9-17-13-24-21(25-14-17)18-10-11-19(22)20(23)12-18/h10-12,15-17,21H,2-9,13-14H2,1H3. The first-order valence-electron chi connectivity index (χ1n) is 9.83. The van der Waals surface area contributed by atoms with Crippen LogP contribution in [0.1, 0.15) is 70.1 Å². The smallest absolute Gasteiger partial charge is 0.183 e. The summed E-state index contributed by atoms with van der Waals surface area (Å²) in [5.74, 6) is 0.531. The van der Waals surface area contributed by atoms with Crippen molar-refractivity contribution in [1.29, 1.82) is 0 Å². The first kappa shape index (κ1) is 18.8. The molecule has 0 amide bonds. The van der Waals surface area contributed by atoms with Gasteiger partial charge in [0.1, 0.15) is 0 Å². The second-order valence-corrected chi connectivity index (χ2v) is 7.79. The number of benzene rings is 1. The quantitative estimate of drug-likeness (QED) is 0.624. The maximum Gasteiger partial charge on any atom is 0.183 e. The number of halogens is 2. The van der Waals surface area contributed by atoms with E-state index in [0.29, 0.717) is 24.7 Å². The van der Waals surface area contributed by atoms with Gasteiger partial charge in [-0.2, -0.15) is 0 Å². The van der Waals surface area contributed by atoms with Gasteiger partial charge in [0, 0.05) is 11.5 Å². The van der Waals surface area contributed by atoms with E-state index in [1.54, 1.807) is 0 Å². The second-order valence-electron chi connectivity index (χ2n) is 7.79. The van der Waals surface area contributed by atoms with Gasteiger partial charge >= 0.3 is 0 Å². The molecule has 0 aromatic heterocycles. The monoisotopic (exact) mass is 352 g/mol. The van der Waals surface area contributed by atoms with Crippen molar-refractivity contribution >= 4 is 0 Å². The van der Waals surface area contributed by atoms with E-state index in [2.05, 4.69) is 6.92 Å². The molecule has 0 N–H and O–H groups in total. The Morgan fingerprint density at radius 2 is 1.44 bits per heavy atom. The van der Waals surface area contributed by atoms with Gasteiger partial charge in [-0.25, -0.2) is 8.78 Å². The highest BCUT2D eigenvalue weighted by atomic mass is 19.2. The molecule has 140 valence electrons. The number of rotatable bonds is 6. The lowest BCUT2D eigenvalue weighted by Gasteiger charge is -2.32. The molecule has 1 aromatic carbocycles. The molecule has 4 heteroatoms. The van der Waals surface area contributed by atoms with E-state index < -0.39 is 17.9 Å². The predicted molar refractivity (Wildman–Crippen MR) is 94.1 cm³/mol. The minimum atomic E-state index is -0.856. The van der Waals surface area contributed by atoms with Crippen LogP contribution in [-0.4, -0.2) is 13.2 Å². The fourth-order valence-corrected chi connectivity index (χ4v) is 4.25. The summed E-state index contributed by atoms with van der Waals surface area (Å²) in [7, 11) is 0. The van der Waals surface area contributed by atoms with Crippen LogP contribution in [0.2, 0.25) is 0 Å². The summed E-state index contributed by atoms with van der Waals surface area (Å²) < 4.78 is 37.8. The van der Waals surface area contributed by atoms with Crippen molar-refractivity contribution in [1.82, 2.24) is 0 Å². The third-order valence-electron chi connectivity index (χ3n) is 5.83. The SMILES string of the molecule is CCCC1CCC(CCC2COC(c3ccc(F)c(F)c3)OC2)CC1. The Labute approximate surface area is 149 Å². The number of ether oxygens (including phenoxy) is 2. The first-order chi connectivity index (χ1) is 12.2. The highest BCUT2D eigenvalue weighted by molar-refractivity contribution is 5.19. The van der Waals surface area contributed by atoms with Crippen molar-refractivity contribution in [2.24, 2.45) is 17.8 Å². The molecule has 1 heterocycles. The van der Waals surface area contributed by atoms with Crippen molar-refractivity contribution in [2.45, 2.75) is 64.6 Å². The van der Waals surface area contributed by atoms with Crippen LogP contribution in [0.25, 0.3) is 0 Å². The summed E-state index contributed by atoms with van der Waals surface area (Å²) in [4.78, 5) is 0. The summed E-state index contributed by atoms with van der Waals surface area (Å²) in [6.45, 7) is 3.55. The fraction of sp³-hybridized carbons (Fsp3) is 0.714. The highest BCUT2D eigenvalue weighted by Crippen LogP contribution is 2.35. The van der Waals surface area contributed by atoms with Crippen molar-refractivity contribution in [2.75, 3.05) is 13.2 Å². The molecule has 2 fully saturated rings. The lowest BCUT2D eigenvalue weighted by Crippen LogP contribution is -2.28. The van der Waals surface area contributed by atoms with Gasteiger partial charge in [-0.15, -0.1) is 0 Å². The molecule has 3 rings (SSSR count). The summed E-state index contributed by atoms with van der Waals surface area (Å²) in [5.41, 5.74) is 0.548. The van der Waals surface area contributed by atoms with Crippen LogP contribution >= 0.6 is 0 Å². The van der Waals surface area contributed by atoms with Gasteiger partial charge in [-0.1, -0.05) is 57.9 Å². The lowest BCUT2D eigenvalue weighted by molar-refractivity contribution is -0.206. The van der Waals surface area contributed by atoms with Crippen molar-refractivity contribution < 1.29 is 18.3 Å². The molecule has 25 heavy (non-hydrogen) atoms. The number of hydrogen-bond donors (Lipinski definition) is 0. The molecular weight excluding hydrogens is 322 g/mol. The van der Waals surface area contributed by atoms with Crippen LogP contribution < -0.4 is 0 Å². The Hall–Kier alpha value is -1.00. The van der Waals surface area contributed by atoms with E-state index in [-0.39, 0.29) is 0 Å². The third-order valence-corrected chi connectivity index (χ3v) is 5.83. The van der Waals surface area contributed by atoms with Gasteiger partial charge in [0.15, 0.2) is 17.9 Å². The molecule has 2 nitrogen and oxygen atoms in total. The second kappa shape index (κ2) is 9.09. The van der Waals surface area contributed by atoms with E-state index >= 15 is 0 Å². The zero-order chi connectivity index (χ0) is 17.6. The van der Waals surface area contributed by atoms with Gasteiger partial charge in [0.2, 0.25) is 0 Å². The summed E-state index contributed by atoms with van der Waals surface area (Å²) in [6.07, 6.45) is 10.1. The van der Waals surface area contributed by atoms with Gasteiger partial charge in [-0.05, 0) is 30.4 Å². The average molecular weight is 352 g/mol. The number of hydrogen-bond acceptors (Lipinski definition) is 2. The Morgan fingerprint density at radius 1 is 0.840 bits per heavy atom. The van der Waals surface area contributed by atoms with Crippen molar-refractivity contribution in [3.8, 4) is 0 Å². The summed E-state index contributed by atoms with van der Waals surface area (Å²) in [5, 5.41) is 0. The van der Waals surface area contributed by atoms with E-state index in [4.69, 9.17) is 9.47 Å². The average Bonchev–Trinajstić information content (AvgIpc) is 2.64. The minimum absolute atomic E-state index is 0.412. The lowest BCUT2D eigenvalue weighted by atomic mass is 9.77. The van der Waals surface area contributed by atoms with Gasteiger partial charge in [0.25, 0.3) is 0 Å². The summed E-state index contributed by atoms with van der Waals surface area (Å²) >= 11 is 0. The van der Waals surface area contributed by atoms with Crippen molar-refractivity contribution in [3.05, 3.63) is 35.4 Å². The molecule has 2 aliphatic rings. The van der Waals surface area contributed by atoms with Gasteiger partial charge in [0.05, 0.1) is 13.2 Å². The first-order valence-corrected chi connectivity index (χ1v) is 9.83. The Kier molecular flexibility index (Phi) is 6.83. The maximum absolute atomic E-state index is 13.3. The largest absolute Gasteiger partial charge is 0.348 e. The van der Waals surface area contributed by atoms with E-state index in [9.17, 15) is 8.78 Å². The molecular formula is C21H30F2O2. The maximum atomic E-state index is 13.3. The Morgan fingerprint density at radius 3 is 2.04 bits per heavy atom. The van der Waals surface area contributed by atoms with Crippen LogP contribution in [-0.2, 0) is 9.47 Å². The Balaban J connectivity index is 1.37. The van der Waals surface area contributed by atoms with Gasteiger partial charge < -0.3 is 9.47 Å². The topological polar surface area (TPSA) is 18.5 Å². The normalized spacial score (nSPS) is 30.4. The molecule has 1 saturated carbocycles. The Bertz CT molecular complexity index is 533. The highest BCUT2D eigenvalue weighted by Gasteiger charge is 2.26. The van der Waals surface area contributed by atoms with E-state index in [1.165, 1.54) is 51.0 Å². The zero-order valence-electron chi connectivity index (χ0n) is 15.2. The molecule has 0 bridgehead atoms. The van der Waals surface area contributed by atoms with E-state index in [0.717, 1.165) is 30.4 Å². The van der Waals surface area contributed by atoms with Crippen LogP contribution in [0.3, 0.4) is 0 Å². The molecule has 1 aliphatic heterocycles. The van der Waals surface area contributed by atoms with Crippen LogP contribution in [0.5, 0.6) is 0 Å². The molecule has 0 unspecified atom stereocenters. The molecule has 1 aliphatic carbocycles. The molecule has 0 atom stereocenters. The molecule has 1 aromatic rings. The molecule has 0 spiro atoms. The van der Waals surface area contributed by atoms with Crippen LogP contribution in [0, 0.1) is 29.4 Å². The minimum Gasteiger partial charge on any atom is -0.348 e. The van der Waals surface area contributed by atoms with Crippen molar-refractivity contribution in [3.63, 3.8) is 0 Å². The summed E-state index contributed by atoms with van der Waals surface area (Å²) in [6, 6.07) is 3.81. The molecule has 0 radical (unpaired) electrons. The van der Waals surface area contributed by atoms with E-state index in [1.807, 2.05) is 0 Å². The third kappa shape index (κ3) is 5.24. The van der Waals surface area contributed by atoms with Crippen LogP contribution in [0.4, 0.5) is 8.78 Å². The van der Waals surface area contributed by atoms with Gasteiger partial charge in [-0.3, -0.25) is 0 Å².